The molecule has 2 heteroatoms. The molecule has 0 saturated carbocycles. The summed E-state index contributed by atoms with van der Waals surface area (Å²) >= 11 is 0. The van der Waals surface area contributed by atoms with Gasteiger partial charge >= 0.3 is 0 Å². The van der Waals surface area contributed by atoms with Crippen molar-refractivity contribution in [2.24, 2.45) is 5.92 Å². The van der Waals surface area contributed by atoms with Crippen LogP contribution in [0.5, 0.6) is 0 Å². The van der Waals surface area contributed by atoms with E-state index < -0.39 is 0 Å². The molecule has 1 aromatic carbocycles. The molecule has 1 aliphatic carbocycles. The maximum atomic E-state index is 13.2. The number of halogens is 1. The molecule has 1 fully saturated rings. The second-order valence-electron chi connectivity index (χ2n) is 4.72. The zero-order valence-corrected chi connectivity index (χ0v) is 8.80. The van der Waals surface area contributed by atoms with Gasteiger partial charge in [0.25, 0.3) is 0 Å². The molecule has 1 N–H and O–H groups in total. The maximum absolute atomic E-state index is 13.2. The number of aryl methyl sites for hydroxylation is 1. The third-order valence-electron chi connectivity index (χ3n) is 3.81. The van der Waals surface area contributed by atoms with Gasteiger partial charge in [-0.05, 0) is 61.4 Å². The Bertz CT molecular complexity index is 375. The fourth-order valence-corrected chi connectivity index (χ4v) is 3.05. The molecule has 2 atom stereocenters. The lowest BCUT2D eigenvalue weighted by Crippen LogP contribution is -2.37. The standard InChI is InChI=1S/C13H16FN/c14-11-6-5-9-3-4-10-2-1-7-15-13(10)12(9)8-11/h5-6,8,10,13,15H,1-4,7H2. The Labute approximate surface area is 89.7 Å². The first kappa shape index (κ1) is 9.34. The van der Waals surface area contributed by atoms with Gasteiger partial charge in [-0.3, -0.25) is 0 Å². The first-order chi connectivity index (χ1) is 7.34. The number of hydrogen-bond acceptors (Lipinski definition) is 1. The van der Waals surface area contributed by atoms with Crippen LogP contribution >= 0.6 is 0 Å². The van der Waals surface area contributed by atoms with Gasteiger partial charge in [0.05, 0.1) is 0 Å². The van der Waals surface area contributed by atoms with E-state index in [4.69, 9.17) is 0 Å². The van der Waals surface area contributed by atoms with Crippen LogP contribution in [0.3, 0.4) is 0 Å². The number of benzene rings is 1. The van der Waals surface area contributed by atoms with Crippen molar-refractivity contribution in [2.75, 3.05) is 6.54 Å². The van der Waals surface area contributed by atoms with E-state index in [1.165, 1.54) is 30.4 Å². The summed E-state index contributed by atoms with van der Waals surface area (Å²) < 4.78 is 13.2. The Balaban J connectivity index is 2.01. The van der Waals surface area contributed by atoms with Crippen molar-refractivity contribution in [3.05, 3.63) is 35.1 Å². The largest absolute Gasteiger partial charge is 0.310 e. The number of fused-ring (bicyclic) bond motifs is 3. The summed E-state index contributed by atoms with van der Waals surface area (Å²) in [7, 11) is 0. The topological polar surface area (TPSA) is 12.0 Å². The molecular formula is C13H16FN. The predicted molar refractivity (Wildman–Crippen MR) is 58.2 cm³/mol. The van der Waals surface area contributed by atoms with E-state index >= 15 is 0 Å². The van der Waals surface area contributed by atoms with Gasteiger partial charge in [0, 0.05) is 6.04 Å². The monoisotopic (exact) mass is 205 g/mol. The van der Waals surface area contributed by atoms with E-state index in [1.807, 2.05) is 6.07 Å². The third-order valence-corrected chi connectivity index (χ3v) is 3.81. The molecule has 0 bridgehead atoms. The average molecular weight is 205 g/mol. The SMILES string of the molecule is Fc1ccc2c(c1)C1NCCCC1CC2. The molecule has 1 aromatic rings. The highest BCUT2D eigenvalue weighted by atomic mass is 19.1. The Hall–Kier alpha value is -0.890. The Kier molecular flexibility index (Phi) is 2.24. The quantitative estimate of drug-likeness (QED) is 0.686. The lowest BCUT2D eigenvalue weighted by molar-refractivity contribution is 0.254. The highest BCUT2D eigenvalue weighted by Crippen LogP contribution is 2.39. The van der Waals surface area contributed by atoms with Crippen LogP contribution in [-0.2, 0) is 6.42 Å². The predicted octanol–water partition coefficient (Wildman–Crippen LogP) is 2.81. The molecule has 1 saturated heterocycles. The molecular weight excluding hydrogens is 189 g/mol. The van der Waals surface area contributed by atoms with E-state index in [2.05, 4.69) is 5.32 Å². The second kappa shape index (κ2) is 3.60. The number of rotatable bonds is 0. The molecule has 3 rings (SSSR count). The highest BCUT2D eigenvalue weighted by molar-refractivity contribution is 5.34. The van der Waals surface area contributed by atoms with Gasteiger partial charge in [-0.25, -0.2) is 4.39 Å². The molecule has 80 valence electrons. The fourth-order valence-electron chi connectivity index (χ4n) is 3.05. The number of piperidine rings is 1. The maximum Gasteiger partial charge on any atom is 0.123 e. The fraction of sp³-hybridized carbons (Fsp3) is 0.538. The van der Waals surface area contributed by atoms with E-state index in [0.29, 0.717) is 6.04 Å². The Morgan fingerprint density at radius 3 is 3.13 bits per heavy atom. The van der Waals surface area contributed by atoms with Crippen LogP contribution in [0.15, 0.2) is 18.2 Å². The van der Waals surface area contributed by atoms with Gasteiger partial charge in [-0.15, -0.1) is 0 Å². The molecule has 0 amide bonds. The van der Waals surface area contributed by atoms with Crippen LogP contribution < -0.4 is 5.32 Å². The van der Waals surface area contributed by atoms with Crippen molar-refractivity contribution in [1.29, 1.82) is 0 Å². The zero-order chi connectivity index (χ0) is 10.3. The summed E-state index contributed by atoms with van der Waals surface area (Å²) in [6, 6.07) is 5.68. The van der Waals surface area contributed by atoms with Crippen LogP contribution in [0.2, 0.25) is 0 Å². The van der Waals surface area contributed by atoms with Crippen molar-refractivity contribution >= 4 is 0 Å². The van der Waals surface area contributed by atoms with Gasteiger partial charge < -0.3 is 5.32 Å². The third kappa shape index (κ3) is 1.57. The molecule has 0 radical (unpaired) electrons. The zero-order valence-electron chi connectivity index (χ0n) is 8.80. The number of hydrogen-bond donors (Lipinski definition) is 1. The Morgan fingerprint density at radius 1 is 1.27 bits per heavy atom. The van der Waals surface area contributed by atoms with Gasteiger partial charge in [-0.1, -0.05) is 6.07 Å². The minimum atomic E-state index is -0.0956. The van der Waals surface area contributed by atoms with E-state index in [-0.39, 0.29) is 5.82 Å². The lowest BCUT2D eigenvalue weighted by Gasteiger charge is -2.38. The van der Waals surface area contributed by atoms with E-state index in [9.17, 15) is 4.39 Å². The van der Waals surface area contributed by atoms with Crippen LogP contribution in [0.1, 0.15) is 36.4 Å². The second-order valence-corrected chi connectivity index (χ2v) is 4.72. The molecule has 2 aliphatic rings. The number of nitrogens with one attached hydrogen (secondary N) is 1. The van der Waals surface area contributed by atoms with Gasteiger partial charge in [0.15, 0.2) is 0 Å². The first-order valence-electron chi connectivity index (χ1n) is 5.86. The minimum Gasteiger partial charge on any atom is -0.310 e. The van der Waals surface area contributed by atoms with E-state index in [1.54, 1.807) is 12.1 Å². The minimum absolute atomic E-state index is 0.0956. The summed E-state index contributed by atoms with van der Waals surface area (Å²) in [4.78, 5) is 0. The summed E-state index contributed by atoms with van der Waals surface area (Å²) in [5, 5.41) is 3.54. The molecule has 0 spiro atoms. The van der Waals surface area contributed by atoms with Crippen molar-refractivity contribution < 1.29 is 4.39 Å². The highest BCUT2D eigenvalue weighted by Gasteiger charge is 2.31. The molecule has 2 unspecified atom stereocenters. The lowest BCUT2D eigenvalue weighted by atomic mass is 9.76. The van der Waals surface area contributed by atoms with Gasteiger partial charge in [0.1, 0.15) is 5.82 Å². The van der Waals surface area contributed by atoms with Gasteiger partial charge in [0.2, 0.25) is 0 Å². The molecule has 0 aromatic heterocycles. The van der Waals surface area contributed by atoms with Crippen molar-refractivity contribution in [2.45, 2.75) is 31.7 Å². The molecule has 1 heterocycles. The van der Waals surface area contributed by atoms with Crippen LogP contribution in [0.25, 0.3) is 0 Å². The summed E-state index contributed by atoms with van der Waals surface area (Å²) in [6.45, 7) is 1.08. The molecule has 1 nitrogen and oxygen atoms in total. The van der Waals surface area contributed by atoms with Gasteiger partial charge in [-0.2, -0.15) is 0 Å². The first-order valence-corrected chi connectivity index (χ1v) is 5.86. The summed E-state index contributed by atoms with van der Waals surface area (Å²) in [6.07, 6.45) is 4.95. The molecule has 1 aliphatic heterocycles. The summed E-state index contributed by atoms with van der Waals surface area (Å²) in [5.74, 6) is 0.634. The van der Waals surface area contributed by atoms with Crippen molar-refractivity contribution in [3.8, 4) is 0 Å². The van der Waals surface area contributed by atoms with Crippen molar-refractivity contribution in [1.82, 2.24) is 5.32 Å². The van der Waals surface area contributed by atoms with Crippen LogP contribution in [0, 0.1) is 11.7 Å². The normalized spacial score (nSPS) is 29.4. The summed E-state index contributed by atoms with van der Waals surface area (Å²) in [5.41, 5.74) is 2.55. The van der Waals surface area contributed by atoms with E-state index in [0.717, 1.165) is 18.9 Å². The molecule has 15 heavy (non-hydrogen) atoms. The van der Waals surface area contributed by atoms with Crippen molar-refractivity contribution in [3.63, 3.8) is 0 Å². The van der Waals surface area contributed by atoms with Crippen LogP contribution in [-0.4, -0.2) is 6.54 Å². The Morgan fingerprint density at radius 2 is 2.20 bits per heavy atom. The smallest absolute Gasteiger partial charge is 0.123 e. The van der Waals surface area contributed by atoms with Crippen LogP contribution in [0.4, 0.5) is 4.39 Å². The average Bonchev–Trinajstić information content (AvgIpc) is 2.29.